The van der Waals surface area contributed by atoms with Gasteiger partial charge in [0.2, 0.25) is 11.8 Å². The maximum atomic E-state index is 11.9. The summed E-state index contributed by atoms with van der Waals surface area (Å²) in [5.74, 6) is -1.09. The first kappa shape index (κ1) is 20.9. The maximum Gasteiger partial charge on any atom is 0.305 e. The lowest BCUT2D eigenvalue weighted by atomic mass is 10.0. The van der Waals surface area contributed by atoms with Crippen LogP contribution in [0.4, 0.5) is 0 Å². The molecule has 0 aliphatic carbocycles. The van der Waals surface area contributed by atoms with Gasteiger partial charge in [-0.3, -0.25) is 14.4 Å². The molecule has 1 unspecified atom stereocenters. The van der Waals surface area contributed by atoms with E-state index in [-0.39, 0.29) is 49.8 Å². The second-order valence-corrected chi connectivity index (χ2v) is 4.63. The van der Waals surface area contributed by atoms with Crippen LogP contribution >= 0.6 is 12.4 Å². The third kappa shape index (κ3) is 8.18. The number of methoxy groups -OCH3 is 1. The van der Waals surface area contributed by atoms with Gasteiger partial charge in [-0.25, -0.2) is 0 Å². The minimum Gasteiger partial charge on any atom is -0.469 e. The topological polar surface area (TPSA) is 111 Å². The second-order valence-electron chi connectivity index (χ2n) is 4.63. The van der Waals surface area contributed by atoms with E-state index in [9.17, 15) is 14.4 Å². The van der Waals surface area contributed by atoms with Crippen LogP contribution < -0.4 is 16.4 Å². The zero-order chi connectivity index (χ0) is 16.4. The number of carbonyl (C=O) groups excluding carboxylic acids is 3. The predicted molar refractivity (Wildman–Crippen MR) is 87.9 cm³/mol. The molecule has 0 aliphatic heterocycles. The number of hydrogen-bond acceptors (Lipinski definition) is 5. The van der Waals surface area contributed by atoms with E-state index in [1.807, 2.05) is 30.3 Å². The number of rotatable bonds is 8. The van der Waals surface area contributed by atoms with Crippen molar-refractivity contribution in [2.75, 3.05) is 20.2 Å². The first-order valence-corrected chi connectivity index (χ1v) is 6.94. The van der Waals surface area contributed by atoms with Gasteiger partial charge in [0.1, 0.15) is 0 Å². The Morgan fingerprint density at radius 2 is 1.83 bits per heavy atom. The molecular weight excluding hydrogens is 322 g/mol. The van der Waals surface area contributed by atoms with Crippen LogP contribution in [0.25, 0.3) is 0 Å². The fourth-order valence-corrected chi connectivity index (χ4v) is 1.87. The van der Waals surface area contributed by atoms with Gasteiger partial charge in [0, 0.05) is 6.42 Å². The van der Waals surface area contributed by atoms with E-state index >= 15 is 0 Å². The Labute approximate surface area is 141 Å². The summed E-state index contributed by atoms with van der Waals surface area (Å²) >= 11 is 0. The zero-order valence-corrected chi connectivity index (χ0v) is 13.7. The van der Waals surface area contributed by atoms with Crippen LogP contribution in [0.2, 0.25) is 0 Å². The number of carbonyl (C=O) groups is 3. The summed E-state index contributed by atoms with van der Waals surface area (Å²) in [4.78, 5) is 34.2. The summed E-state index contributed by atoms with van der Waals surface area (Å²) in [5, 5.41) is 5.19. The molecule has 1 atom stereocenters. The van der Waals surface area contributed by atoms with Crippen LogP contribution in [-0.2, 0) is 19.1 Å². The molecule has 2 amide bonds. The maximum absolute atomic E-state index is 11.9. The van der Waals surface area contributed by atoms with Gasteiger partial charge in [0.15, 0.2) is 0 Å². The summed E-state index contributed by atoms with van der Waals surface area (Å²) < 4.78 is 4.61. The van der Waals surface area contributed by atoms with Crippen molar-refractivity contribution in [3.63, 3.8) is 0 Å². The highest BCUT2D eigenvalue weighted by atomic mass is 35.5. The molecule has 0 aromatic heterocycles. The van der Waals surface area contributed by atoms with Crippen molar-refractivity contribution >= 4 is 30.2 Å². The molecule has 128 valence electrons. The van der Waals surface area contributed by atoms with Gasteiger partial charge in [-0.1, -0.05) is 30.3 Å². The average molecular weight is 344 g/mol. The lowest BCUT2D eigenvalue weighted by Gasteiger charge is -2.19. The molecule has 0 radical (unpaired) electrons. The van der Waals surface area contributed by atoms with Crippen molar-refractivity contribution in [3.8, 4) is 0 Å². The summed E-state index contributed by atoms with van der Waals surface area (Å²) in [6.07, 6.45) is 0.596. The summed E-state index contributed by atoms with van der Waals surface area (Å²) in [6.45, 7) is -0.324. The van der Waals surface area contributed by atoms with Gasteiger partial charge in [-0.05, 0) is 12.0 Å². The number of amides is 2. The fraction of sp³-hybridized carbons (Fsp3) is 0.400. The Bertz CT molecular complexity index is 511. The lowest BCUT2D eigenvalue weighted by Crippen LogP contribution is -2.40. The molecule has 0 spiro atoms. The van der Waals surface area contributed by atoms with Crippen LogP contribution in [-0.4, -0.2) is 38.0 Å². The summed E-state index contributed by atoms with van der Waals surface area (Å²) in [5.41, 5.74) is 6.03. The average Bonchev–Trinajstić information content (AvgIpc) is 2.56. The van der Waals surface area contributed by atoms with Gasteiger partial charge in [-0.2, -0.15) is 0 Å². The van der Waals surface area contributed by atoms with Crippen molar-refractivity contribution in [1.82, 2.24) is 10.6 Å². The summed E-state index contributed by atoms with van der Waals surface area (Å²) in [7, 11) is 1.32. The molecule has 4 N–H and O–H groups in total. The summed E-state index contributed by atoms with van der Waals surface area (Å²) in [6, 6.07) is 8.96. The Morgan fingerprint density at radius 1 is 1.17 bits per heavy atom. The van der Waals surface area contributed by atoms with Crippen LogP contribution in [0, 0.1) is 0 Å². The van der Waals surface area contributed by atoms with Crippen LogP contribution in [0.1, 0.15) is 24.4 Å². The predicted octanol–water partition coefficient (Wildman–Crippen LogP) is 0.294. The molecule has 1 aromatic carbocycles. The highest BCUT2D eigenvalue weighted by Crippen LogP contribution is 2.18. The Morgan fingerprint density at radius 3 is 2.39 bits per heavy atom. The standard InChI is InChI=1S/C15H21N3O4.ClH/c1-22-15(21)8-7-12(11-5-3-2-4-6-11)18-14(20)10-17-13(19)9-16;/h2-6,12H,7-10,16H2,1H3,(H,17,19)(H,18,20);1H. The highest BCUT2D eigenvalue weighted by molar-refractivity contribution is 5.86. The van der Waals surface area contributed by atoms with Crippen LogP contribution in [0.3, 0.4) is 0 Å². The minimum atomic E-state index is -0.402. The fourth-order valence-electron chi connectivity index (χ4n) is 1.87. The second kappa shape index (κ2) is 11.4. The number of nitrogens with one attached hydrogen (secondary N) is 2. The van der Waals surface area contributed by atoms with E-state index in [0.29, 0.717) is 6.42 Å². The van der Waals surface area contributed by atoms with E-state index in [2.05, 4.69) is 15.4 Å². The smallest absolute Gasteiger partial charge is 0.305 e. The van der Waals surface area contributed by atoms with Gasteiger partial charge in [-0.15, -0.1) is 12.4 Å². The molecular formula is C15H22ClN3O4. The third-order valence-electron chi connectivity index (χ3n) is 3.03. The van der Waals surface area contributed by atoms with Gasteiger partial charge in [0.25, 0.3) is 0 Å². The number of ether oxygens (including phenoxy) is 1. The number of hydrogen-bond donors (Lipinski definition) is 3. The monoisotopic (exact) mass is 343 g/mol. The number of esters is 1. The number of benzene rings is 1. The zero-order valence-electron chi connectivity index (χ0n) is 12.9. The van der Waals surface area contributed by atoms with Crippen molar-refractivity contribution < 1.29 is 19.1 Å². The third-order valence-corrected chi connectivity index (χ3v) is 3.03. The van der Waals surface area contributed by atoms with Crippen LogP contribution in [0.15, 0.2) is 30.3 Å². The molecule has 0 bridgehead atoms. The van der Waals surface area contributed by atoms with E-state index in [4.69, 9.17) is 5.73 Å². The van der Waals surface area contributed by atoms with Gasteiger partial charge < -0.3 is 21.1 Å². The van der Waals surface area contributed by atoms with E-state index < -0.39 is 5.91 Å². The minimum absolute atomic E-state index is 0. The van der Waals surface area contributed by atoms with Crippen molar-refractivity contribution in [2.24, 2.45) is 5.73 Å². The normalized spacial score (nSPS) is 10.9. The molecule has 0 fully saturated rings. The number of halogens is 1. The Hall–Kier alpha value is -2.12. The largest absolute Gasteiger partial charge is 0.469 e. The Balaban J connectivity index is 0.00000484. The molecule has 8 heteroatoms. The van der Waals surface area contributed by atoms with E-state index in [1.54, 1.807) is 0 Å². The van der Waals surface area contributed by atoms with E-state index in [1.165, 1.54) is 7.11 Å². The van der Waals surface area contributed by atoms with Crippen molar-refractivity contribution in [3.05, 3.63) is 35.9 Å². The molecule has 23 heavy (non-hydrogen) atoms. The first-order chi connectivity index (χ1) is 10.6. The molecule has 0 saturated heterocycles. The molecule has 7 nitrogen and oxygen atoms in total. The molecule has 1 rings (SSSR count). The first-order valence-electron chi connectivity index (χ1n) is 6.94. The highest BCUT2D eigenvalue weighted by Gasteiger charge is 2.16. The van der Waals surface area contributed by atoms with E-state index in [0.717, 1.165) is 5.56 Å². The quantitative estimate of drug-likeness (QED) is 0.588. The number of nitrogens with two attached hydrogens (primary N) is 1. The van der Waals surface area contributed by atoms with Crippen molar-refractivity contribution in [2.45, 2.75) is 18.9 Å². The molecule has 1 aromatic rings. The SMILES string of the molecule is COC(=O)CCC(NC(=O)CNC(=O)CN)c1ccccc1.Cl. The Kier molecular flexibility index (Phi) is 10.4. The van der Waals surface area contributed by atoms with Gasteiger partial charge in [0.05, 0.1) is 26.2 Å². The lowest BCUT2D eigenvalue weighted by molar-refractivity contribution is -0.141. The van der Waals surface area contributed by atoms with Crippen LogP contribution in [0.5, 0.6) is 0 Å². The van der Waals surface area contributed by atoms with Crippen molar-refractivity contribution in [1.29, 1.82) is 0 Å². The molecule has 0 saturated carbocycles. The molecule has 0 aliphatic rings. The van der Waals surface area contributed by atoms with Gasteiger partial charge >= 0.3 is 5.97 Å². The molecule has 0 heterocycles.